The zero-order valence-corrected chi connectivity index (χ0v) is 13.4. The lowest BCUT2D eigenvalue weighted by molar-refractivity contribution is -0.157. The Morgan fingerprint density at radius 1 is 1.10 bits per heavy atom. The average molecular weight is 276 g/mol. The number of carbonyl (C=O) groups is 1. The van der Waals surface area contributed by atoms with Crippen LogP contribution in [0.2, 0.25) is 0 Å². The highest BCUT2D eigenvalue weighted by Crippen LogP contribution is 3.25. The number of fused-ring (bicyclic) bond motifs is 3. The summed E-state index contributed by atoms with van der Waals surface area (Å²) in [6, 6.07) is 0. The largest absolute Gasteiger partial charge is 0.462 e. The lowest BCUT2D eigenvalue weighted by Crippen LogP contribution is -2.38. The van der Waals surface area contributed by atoms with Gasteiger partial charge in [0.2, 0.25) is 0 Å². The summed E-state index contributed by atoms with van der Waals surface area (Å²) < 4.78 is 5.86. The highest BCUT2D eigenvalue weighted by molar-refractivity contribution is 5.73. The molecule has 0 heterocycles. The van der Waals surface area contributed by atoms with Gasteiger partial charge in [-0.1, -0.05) is 53.4 Å². The van der Waals surface area contributed by atoms with Gasteiger partial charge in [0, 0.05) is 11.8 Å². The predicted octanol–water partition coefficient (Wildman–Crippen LogP) is 4.32. The van der Waals surface area contributed by atoms with Crippen LogP contribution in [0.3, 0.4) is 0 Å². The summed E-state index contributed by atoms with van der Waals surface area (Å²) >= 11 is 0. The van der Waals surface area contributed by atoms with Gasteiger partial charge in [0.25, 0.3) is 0 Å². The molecule has 0 aromatic rings. The second kappa shape index (κ2) is 3.44. The van der Waals surface area contributed by atoms with Gasteiger partial charge >= 0.3 is 5.97 Å². The summed E-state index contributed by atoms with van der Waals surface area (Å²) in [6.07, 6.45) is 7.97. The van der Waals surface area contributed by atoms with E-state index in [-0.39, 0.29) is 12.1 Å². The van der Waals surface area contributed by atoms with Crippen LogP contribution in [0.4, 0.5) is 0 Å². The molecule has 0 saturated heterocycles. The van der Waals surface area contributed by atoms with Crippen LogP contribution >= 0.6 is 0 Å². The van der Waals surface area contributed by atoms with Crippen molar-refractivity contribution in [1.82, 2.24) is 0 Å². The molecule has 0 aliphatic heterocycles. The fraction of sp³-hybridized carbons (Fsp3) is 0.944. The van der Waals surface area contributed by atoms with Crippen LogP contribution in [0.25, 0.3) is 0 Å². The number of rotatable bonds is 7. The van der Waals surface area contributed by atoms with Crippen LogP contribution < -0.4 is 0 Å². The minimum atomic E-state index is 0.0574. The number of hydrogen-bond acceptors (Lipinski definition) is 2. The van der Waals surface area contributed by atoms with E-state index in [0.717, 1.165) is 18.8 Å². The van der Waals surface area contributed by atoms with Crippen LogP contribution in [-0.2, 0) is 9.53 Å². The molecule has 0 radical (unpaired) electrons. The third-order valence-corrected chi connectivity index (χ3v) is 8.37. The van der Waals surface area contributed by atoms with Crippen LogP contribution in [0.1, 0.15) is 72.6 Å². The Balaban J connectivity index is 1.25. The van der Waals surface area contributed by atoms with Crippen LogP contribution in [-0.4, -0.2) is 12.1 Å². The highest BCUT2D eigenvalue weighted by atomic mass is 16.5. The fourth-order valence-corrected chi connectivity index (χ4v) is 7.34. The van der Waals surface area contributed by atoms with Crippen molar-refractivity contribution in [2.75, 3.05) is 0 Å². The molecule has 0 N–H and O–H groups in total. The van der Waals surface area contributed by atoms with Crippen molar-refractivity contribution in [2.45, 2.75) is 78.7 Å². The van der Waals surface area contributed by atoms with E-state index in [0.29, 0.717) is 28.1 Å². The number of hydrogen-bond donors (Lipinski definition) is 0. The molecule has 0 aromatic carbocycles. The molecule has 1 spiro atoms. The second-order valence-electron chi connectivity index (χ2n) is 8.27. The number of esters is 1. The Kier molecular flexibility index (Phi) is 2.26. The van der Waals surface area contributed by atoms with E-state index in [1.54, 1.807) is 0 Å². The van der Waals surface area contributed by atoms with Gasteiger partial charge in [0.05, 0.1) is 0 Å². The van der Waals surface area contributed by atoms with Gasteiger partial charge in [0.1, 0.15) is 6.10 Å². The molecule has 6 atom stereocenters. The maximum atomic E-state index is 12.0. The standard InChI is InChI=1S/C18H28O2/c1-5-6-7-8-9-10-14(19)20-13-11-12-15(2)17(4)16(13,3)18(12,15)17/h12-13H,5-11H2,1-4H3/t12-,13-,15?,16+,17?,18?/m1/s1. The molecule has 112 valence electrons. The van der Waals surface area contributed by atoms with Crippen LogP contribution in [0.15, 0.2) is 0 Å². The average Bonchev–Trinajstić information content (AvgIpc) is 3.20. The topological polar surface area (TPSA) is 26.3 Å². The first-order valence-electron chi connectivity index (χ1n) is 8.64. The fourth-order valence-electron chi connectivity index (χ4n) is 7.34. The maximum Gasteiger partial charge on any atom is 0.306 e. The molecule has 4 saturated carbocycles. The molecular formula is C18H28O2. The van der Waals surface area contributed by atoms with Gasteiger partial charge in [-0.15, -0.1) is 0 Å². The Morgan fingerprint density at radius 2 is 1.80 bits per heavy atom. The minimum absolute atomic E-state index is 0.0574. The lowest BCUT2D eigenvalue weighted by Gasteiger charge is -2.37. The molecule has 20 heavy (non-hydrogen) atoms. The molecular weight excluding hydrogens is 248 g/mol. The van der Waals surface area contributed by atoms with Crippen molar-refractivity contribution in [3.8, 4) is 0 Å². The van der Waals surface area contributed by atoms with Gasteiger partial charge in [0.15, 0.2) is 0 Å². The number of ether oxygens (including phenoxy) is 1. The molecule has 0 aromatic heterocycles. The smallest absolute Gasteiger partial charge is 0.306 e. The highest BCUT2D eigenvalue weighted by Gasteiger charge is 3.24. The van der Waals surface area contributed by atoms with E-state index in [9.17, 15) is 4.79 Å². The van der Waals surface area contributed by atoms with Crippen molar-refractivity contribution in [3.63, 3.8) is 0 Å². The summed E-state index contributed by atoms with van der Waals surface area (Å²) in [5.41, 5.74) is 2.08. The van der Waals surface area contributed by atoms with Crippen LogP contribution in [0, 0.1) is 27.6 Å². The van der Waals surface area contributed by atoms with Crippen molar-refractivity contribution >= 4 is 5.97 Å². The quantitative estimate of drug-likeness (QED) is 0.511. The Bertz CT molecular complexity index is 486. The summed E-state index contributed by atoms with van der Waals surface area (Å²) in [5, 5.41) is 0. The van der Waals surface area contributed by atoms with Gasteiger partial charge in [-0.25, -0.2) is 0 Å². The van der Waals surface area contributed by atoms with Crippen molar-refractivity contribution in [1.29, 1.82) is 0 Å². The third kappa shape index (κ3) is 0.928. The third-order valence-electron chi connectivity index (χ3n) is 8.37. The molecule has 2 heteroatoms. The normalized spacial score (nSPS) is 56.0. The van der Waals surface area contributed by atoms with Crippen molar-refractivity contribution < 1.29 is 9.53 Å². The first kappa shape index (κ1) is 13.2. The molecule has 4 aliphatic rings. The molecule has 0 bridgehead atoms. The summed E-state index contributed by atoms with van der Waals surface area (Å²) in [5.74, 6) is 0.925. The SMILES string of the molecule is CCCCCCCC(=O)O[C@@H]1C[C@@H]2C3(C)C4(C)C23[C@@]14C. The lowest BCUT2D eigenvalue weighted by atomic mass is 9.72. The monoisotopic (exact) mass is 276 g/mol. The molecule has 4 rings (SSSR count). The molecule has 4 fully saturated rings. The first-order valence-corrected chi connectivity index (χ1v) is 8.64. The summed E-state index contributed by atoms with van der Waals surface area (Å²) in [7, 11) is 0. The van der Waals surface area contributed by atoms with E-state index in [4.69, 9.17) is 4.74 Å². The zero-order chi connectivity index (χ0) is 14.4. The maximum absolute atomic E-state index is 12.0. The summed E-state index contributed by atoms with van der Waals surface area (Å²) in [6.45, 7) is 9.47. The predicted molar refractivity (Wildman–Crippen MR) is 78.1 cm³/mol. The second-order valence-corrected chi connectivity index (χ2v) is 8.27. The minimum Gasteiger partial charge on any atom is -0.462 e. The Labute approximate surface area is 122 Å². The van der Waals surface area contributed by atoms with Gasteiger partial charge < -0.3 is 4.74 Å². The Hall–Kier alpha value is -0.530. The van der Waals surface area contributed by atoms with Gasteiger partial charge in [-0.3, -0.25) is 4.79 Å². The summed E-state index contributed by atoms with van der Waals surface area (Å²) in [4.78, 5) is 12.0. The molecule has 4 aliphatic carbocycles. The molecule has 2 nitrogen and oxygen atoms in total. The van der Waals surface area contributed by atoms with E-state index in [2.05, 4.69) is 27.7 Å². The zero-order valence-electron chi connectivity index (χ0n) is 13.4. The molecule has 3 unspecified atom stereocenters. The van der Waals surface area contributed by atoms with Gasteiger partial charge in [-0.2, -0.15) is 0 Å². The van der Waals surface area contributed by atoms with E-state index in [1.165, 1.54) is 25.7 Å². The van der Waals surface area contributed by atoms with E-state index < -0.39 is 0 Å². The number of unbranched alkanes of at least 4 members (excludes halogenated alkanes) is 4. The van der Waals surface area contributed by atoms with E-state index in [1.807, 2.05) is 0 Å². The van der Waals surface area contributed by atoms with Crippen LogP contribution in [0.5, 0.6) is 0 Å². The first-order chi connectivity index (χ1) is 9.44. The van der Waals surface area contributed by atoms with Crippen molar-refractivity contribution in [2.24, 2.45) is 27.6 Å². The number of carbonyl (C=O) groups excluding carboxylic acids is 1. The Morgan fingerprint density at radius 3 is 2.40 bits per heavy atom. The van der Waals surface area contributed by atoms with E-state index >= 15 is 0 Å². The van der Waals surface area contributed by atoms with Gasteiger partial charge in [-0.05, 0) is 35.0 Å². The van der Waals surface area contributed by atoms with Crippen molar-refractivity contribution in [3.05, 3.63) is 0 Å². The molecule has 0 amide bonds.